The molecule has 0 radical (unpaired) electrons. The number of thioether (sulfide) groups is 1. The molecule has 1 aliphatic rings. The van der Waals surface area contributed by atoms with Gasteiger partial charge in [0, 0.05) is 16.3 Å². The van der Waals surface area contributed by atoms with Crippen molar-refractivity contribution in [3.8, 4) is 0 Å². The number of hydrogen-bond acceptors (Lipinski definition) is 2. The summed E-state index contributed by atoms with van der Waals surface area (Å²) in [7, 11) is 0. The molecule has 2 nitrogen and oxygen atoms in total. The molecule has 2 aromatic rings. The van der Waals surface area contributed by atoms with Crippen LogP contribution in [0.3, 0.4) is 0 Å². The molecule has 0 aliphatic heterocycles. The Morgan fingerprint density at radius 2 is 1.85 bits per heavy atom. The maximum absolute atomic E-state index is 12.2. The first-order valence-electron chi connectivity index (χ1n) is 9.41. The molecule has 4 heteroatoms. The molecule has 1 aliphatic carbocycles. The molecule has 138 valence electrons. The summed E-state index contributed by atoms with van der Waals surface area (Å²) in [6, 6.07) is 14.6. The summed E-state index contributed by atoms with van der Waals surface area (Å²) >= 11 is 7.65. The highest BCUT2D eigenvalue weighted by molar-refractivity contribution is 7.99. The molecule has 1 N–H and O–H groups in total. The summed E-state index contributed by atoms with van der Waals surface area (Å²) in [4.78, 5) is 13.4. The Morgan fingerprint density at radius 1 is 1.12 bits per heavy atom. The van der Waals surface area contributed by atoms with Gasteiger partial charge in [-0.05, 0) is 85.7 Å². The Kier molecular flexibility index (Phi) is 7.04. The smallest absolute Gasteiger partial charge is 0.220 e. The first kappa shape index (κ1) is 19.3. The molecule has 0 saturated carbocycles. The van der Waals surface area contributed by atoms with E-state index in [1.165, 1.54) is 47.3 Å². The largest absolute Gasteiger partial charge is 0.350 e. The van der Waals surface area contributed by atoms with E-state index >= 15 is 0 Å². The van der Waals surface area contributed by atoms with Crippen molar-refractivity contribution in [2.24, 2.45) is 0 Å². The van der Waals surface area contributed by atoms with Gasteiger partial charge in [0.25, 0.3) is 0 Å². The van der Waals surface area contributed by atoms with Crippen LogP contribution in [-0.4, -0.2) is 11.7 Å². The second kappa shape index (κ2) is 9.48. The van der Waals surface area contributed by atoms with E-state index in [1.54, 1.807) is 11.8 Å². The van der Waals surface area contributed by atoms with Gasteiger partial charge in [0.05, 0.1) is 6.04 Å². The number of amides is 1. The van der Waals surface area contributed by atoms with Crippen molar-refractivity contribution in [1.82, 2.24) is 5.32 Å². The van der Waals surface area contributed by atoms with Crippen LogP contribution in [0.1, 0.15) is 55.3 Å². The van der Waals surface area contributed by atoms with Crippen molar-refractivity contribution in [2.45, 2.75) is 56.4 Å². The third-order valence-corrected chi connectivity index (χ3v) is 6.23. The van der Waals surface area contributed by atoms with E-state index in [9.17, 15) is 4.79 Å². The maximum atomic E-state index is 12.2. The van der Waals surface area contributed by atoms with E-state index < -0.39 is 0 Å². The van der Waals surface area contributed by atoms with Gasteiger partial charge in [0.1, 0.15) is 0 Å². The van der Waals surface area contributed by atoms with Gasteiger partial charge in [-0.1, -0.05) is 29.8 Å². The molecule has 0 bridgehead atoms. The SMILES string of the molecule is CC(NC(=O)CCCSc1ccc(Cl)cc1)c1ccc2c(c1)CCCC2. The quantitative estimate of drug-likeness (QED) is 0.468. The lowest BCUT2D eigenvalue weighted by Crippen LogP contribution is -2.26. The average molecular weight is 388 g/mol. The molecule has 0 fully saturated rings. The molecule has 1 unspecified atom stereocenters. The number of benzene rings is 2. The van der Waals surface area contributed by atoms with Crippen molar-refractivity contribution in [3.05, 3.63) is 64.2 Å². The predicted octanol–water partition coefficient (Wildman–Crippen LogP) is 5.97. The molecule has 3 rings (SSSR count). The summed E-state index contributed by atoms with van der Waals surface area (Å²) in [5, 5.41) is 3.90. The van der Waals surface area contributed by atoms with Crippen LogP contribution in [0.5, 0.6) is 0 Å². The second-order valence-corrected chi connectivity index (χ2v) is 8.54. The van der Waals surface area contributed by atoms with Crippen LogP contribution in [0.25, 0.3) is 0 Å². The minimum atomic E-state index is 0.0682. The van der Waals surface area contributed by atoms with Crippen molar-refractivity contribution in [1.29, 1.82) is 0 Å². The van der Waals surface area contributed by atoms with E-state index in [1.807, 2.05) is 24.3 Å². The minimum Gasteiger partial charge on any atom is -0.350 e. The van der Waals surface area contributed by atoms with E-state index in [0.717, 1.165) is 17.2 Å². The van der Waals surface area contributed by atoms with E-state index in [2.05, 4.69) is 30.4 Å². The molecular formula is C22H26ClNOS. The highest BCUT2D eigenvalue weighted by atomic mass is 35.5. The molecule has 0 aromatic heterocycles. The zero-order valence-corrected chi connectivity index (χ0v) is 16.8. The molecule has 0 heterocycles. The number of rotatable bonds is 7. The summed E-state index contributed by atoms with van der Waals surface area (Å²) in [6.45, 7) is 2.07. The van der Waals surface area contributed by atoms with Crippen LogP contribution in [0, 0.1) is 0 Å². The molecule has 2 aromatic carbocycles. The van der Waals surface area contributed by atoms with Crippen LogP contribution >= 0.6 is 23.4 Å². The van der Waals surface area contributed by atoms with Gasteiger partial charge in [-0.3, -0.25) is 4.79 Å². The Labute approximate surface area is 165 Å². The Morgan fingerprint density at radius 3 is 2.62 bits per heavy atom. The normalized spacial score (nSPS) is 14.5. The Balaban J connectivity index is 1.42. The van der Waals surface area contributed by atoms with Crippen molar-refractivity contribution < 1.29 is 4.79 Å². The molecule has 26 heavy (non-hydrogen) atoms. The monoisotopic (exact) mass is 387 g/mol. The van der Waals surface area contributed by atoms with Crippen molar-refractivity contribution in [3.63, 3.8) is 0 Å². The van der Waals surface area contributed by atoms with Crippen LogP contribution in [-0.2, 0) is 17.6 Å². The first-order chi connectivity index (χ1) is 12.6. The van der Waals surface area contributed by atoms with Gasteiger partial charge >= 0.3 is 0 Å². The summed E-state index contributed by atoms with van der Waals surface area (Å²) in [6.07, 6.45) is 6.38. The third kappa shape index (κ3) is 5.52. The highest BCUT2D eigenvalue weighted by Crippen LogP contribution is 2.25. The Bertz CT molecular complexity index is 744. The second-order valence-electron chi connectivity index (χ2n) is 6.93. The van der Waals surface area contributed by atoms with Crippen LogP contribution in [0.15, 0.2) is 47.4 Å². The van der Waals surface area contributed by atoms with Gasteiger partial charge in [0.15, 0.2) is 0 Å². The minimum absolute atomic E-state index is 0.0682. The standard InChI is InChI=1S/C22H26ClNOS/c1-16(18-9-8-17-5-2-3-6-19(17)15-18)24-22(25)7-4-14-26-21-12-10-20(23)11-13-21/h8-13,15-16H,2-7,14H2,1H3,(H,24,25). The molecule has 1 atom stereocenters. The highest BCUT2D eigenvalue weighted by Gasteiger charge is 2.14. The fourth-order valence-electron chi connectivity index (χ4n) is 3.37. The molecule has 1 amide bonds. The van der Waals surface area contributed by atoms with E-state index in [4.69, 9.17) is 11.6 Å². The predicted molar refractivity (Wildman–Crippen MR) is 111 cm³/mol. The lowest BCUT2D eigenvalue weighted by Gasteiger charge is -2.20. The number of nitrogens with one attached hydrogen (secondary N) is 1. The topological polar surface area (TPSA) is 29.1 Å². The Hall–Kier alpha value is -1.45. The lowest BCUT2D eigenvalue weighted by atomic mass is 9.89. The van der Waals surface area contributed by atoms with Gasteiger partial charge in [0.2, 0.25) is 5.91 Å². The zero-order valence-electron chi connectivity index (χ0n) is 15.3. The molecule has 0 saturated heterocycles. The average Bonchev–Trinajstić information content (AvgIpc) is 2.66. The van der Waals surface area contributed by atoms with Crippen molar-refractivity contribution >= 4 is 29.3 Å². The molecular weight excluding hydrogens is 362 g/mol. The molecule has 0 spiro atoms. The number of carbonyl (C=O) groups excluding carboxylic acids is 1. The number of carbonyl (C=O) groups is 1. The van der Waals surface area contributed by atoms with E-state index in [0.29, 0.717) is 6.42 Å². The number of hydrogen-bond donors (Lipinski definition) is 1. The number of aryl methyl sites for hydroxylation is 2. The summed E-state index contributed by atoms with van der Waals surface area (Å²) in [5.74, 6) is 1.06. The van der Waals surface area contributed by atoms with E-state index in [-0.39, 0.29) is 11.9 Å². The summed E-state index contributed by atoms with van der Waals surface area (Å²) in [5.41, 5.74) is 4.17. The zero-order chi connectivity index (χ0) is 18.4. The maximum Gasteiger partial charge on any atom is 0.220 e. The third-order valence-electron chi connectivity index (χ3n) is 4.88. The van der Waals surface area contributed by atoms with Crippen LogP contribution < -0.4 is 5.32 Å². The number of halogens is 1. The van der Waals surface area contributed by atoms with Crippen LogP contribution in [0.4, 0.5) is 0 Å². The van der Waals surface area contributed by atoms with Gasteiger partial charge in [-0.2, -0.15) is 0 Å². The van der Waals surface area contributed by atoms with Crippen LogP contribution in [0.2, 0.25) is 5.02 Å². The van der Waals surface area contributed by atoms with Gasteiger partial charge < -0.3 is 5.32 Å². The lowest BCUT2D eigenvalue weighted by molar-refractivity contribution is -0.121. The van der Waals surface area contributed by atoms with Gasteiger partial charge in [-0.25, -0.2) is 0 Å². The summed E-state index contributed by atoms with van der Waals surface area (Å²) < 4.78 is 0. The first-order valence-corrected chi connectivity index (χ1v) is 10.8. The van der Waals surface area contributed by atoms with Gasteiger partial charge in [-0.15, -0.1) is 11.8 Å². The van der Waals surface area contributed by atoms with Crippen molar-refractivity contribution in [2.75, 3.05) is 5.75 Å². The fraction of sp³-hybridized carbons (Fsp3) is 0.409. The fourth-order valence-corrected chi connectivity index (χ4v) is 4.35. The number of fused-ring (bicyclic) bond motifs is 1.